The molecule has 0 saturated heterocycles. The van der Waals surface area contributed by atoms with Crippen molar-refractivity contribution in [3.05, 3.63) is 24.0 Å². The van der Waals surface area contributed by atoms with Gasteiger partial charge in [-0.25, -0.2) is 4.98 Å². The Morgan fingerprint density at radius 1 is 1.35 bits per heavy atom. The van der Waals surface area contributed by atoms with Gasteiger partial charge in [-0.3, -0.25) is 0 Å². The van der Waals surface area contributed by atoms with Crippen LogP contribution < -0.4 is 4.74 Å². The van der Waals surface area contributed by atoms with Crippen molar-refractivity contribution in [3.8, 4) is 5.75 Å². The highest BCUT2D eigenvalue weighted by atomic mass is 35.5. The molecule has 108 valence electrons. The maximum Gasteiger partial charge on any atom is 0.125 e. The summed E-state index contributed by atoms with van der Waals surface area (Å²) >= 11 is 6.13. The maximum atomic E-state index is 6.13. The first-order valence-corrected chi connectivity index (χ1v) is 7.80. The van der Waals surface area contributed by atoms with Crippen LogP contribution in [0.4, 0.5) is 0 Å². The molecule has 0 radical (unpaired) electrons. The predicted octanol–water partition coefficient (Wildman–Crippen LogP) is 4.39. The van der Waals surface area contributed by atoms with Gasteiger partial charge in [-0.1, -0.05) is 13.8 Å². The number of aromatic nitrogens is 2. The molecule has 0 spiro atoms. The number of rotatable bonds is 3. The molecule has 1 heterocycles. The molecule has 1 aromatic heterocycles. The average Bonchev–Trinajstić information content (AvgIpc) is 2.99. The summed E-state index contributed by atoms with van der Waals surface area (Å²) in [6, 6.07) is 6.61. The lowest BCUT2D eigenvalue weighted by Gasteiger charge is -2.22. The second-order valence-electron chi connectivity index (χ2n) is 5.87. The molecule has 2 aromatic rings. The van der Waals surface area contributed by atoms with E-state index in [9.17, 15) is 0 Å². The molecule has 0 amide bonds. The Balaban J connectivity index is 2.13. The third-order valence-corrected chi connectivity index (χ3v) is 5.08. The van der Waals surface area contributed by atoms with Gasteiger partial charge in [-0.05, 0) is 36.8 Å². The van der Waals surface area contributed by atoms with Crippen LogP contribution in [-0.2, 0) is 5.88 Å². The minimum absolute atomic E-state index is 0.453. The molecule has 3 atom stereocenters. The van der Waals surface area contributed by atoms with Crippen LogP contribution in [0, 0.1) is 11.8 Å². The quantitative estimate of drug-likeness (QED) is 0.785. The van der Waals surface area contributed by atoms with Crippen molar-refractivity contribution in [2.24, 2.45) is 11.8 Å². The number of halogens is 1. The zero-order valence-corrected chi connectivity index (χ0v) is 13.0. The Kier molecular flexibility index (Phi) is 3.63. The smallest absolute Gasteiger partial charge is 0.125 e. The first-order valence-electron chi connectivity index (χ1n) is 7.26. The van der Waals surface area contributed by atoms with Crippen LogP contribution in [0.1, 0.15) is 38.6 Å². The van der Waals surface area contributed by atoms with Gasteiger partial charge in [0, 0.05) is 12.1 Å². The molecule has 1 fully saturated rings. The zero-order valence-electron chi connectivity index (χ0n) is 12.3. The summed E-state index contributed by atoms with van der Waals surface area (Å²) in [5.74, 6) is 3.70. The average molecular weight is 293 g/mol. The highest BCUT2D eigenvalue weighted by molar-refractivity contribution is 6.16. The molecule has 3 unspecified atom stereocenters. The SMILES string of the molecule is COc1ccc2c(c1)nc(CCl)n2C1CCC(C)C1C. The van der Waals surface area contributed by atoms with Crippen molar-refractivity contribution in [2.45, 2.75) is 38.6 Å². The minimum atomic E-state index is 0.453. The van der Waals surface area contributed by atoms with Gasteiger partial charge < -0.3 is 9.30 Å². The van der Waals surface area contributed by atoms with Crippen LogP contribution in [0.5, 0.6) is 5.75 Å². The normalized spacial score (nSPS) is 26.3. The number of methoxy groups -OCH3 is 1. The molecule has 1 saturated carbocycles. The summed E-state index contributed by atoms with van der Waals surface area (Å²) in [7, 11) is 1.68. The highest BCUT2D eigenvalue weighted by Crippen LogP contribution is 2.42. The van der Waals surface area contributed by atoms with Crippen molar-refractivity contribution in [2.75, 3.05) is 7.11 Å². The van der Waals surface area contributed by atoms with E-state index in [2.05, 4.69) is 24.5 Å². The van der Waals surface area contributed by atoms with Crippen molar-refractivity contribution in [1.29, 1.82) is 0 Å². The molecule has 0 bridgehead atoms. The lowest BCUT2D eigenvalue weighted by molar-refractivity contribution is 0.354. The van der Waals surface area contributed by atoms with Crippen LogP contribution in [0.25, 0.3) is 11.0 Å². The molecule has 1 aliphatic carbocycles. The summed E-state index contributed by atoms with van der Waals surface area (Å²) in [6.45, 7) is 4.68. The summed E-state index contributed by atoms with van der Waals surface area (Å²) in [5, 5.41) is 0. The van der Waals surface area contributed by atoms with Gasteiger partial charge in [0.2, 0.25) is 0 Å². The predicted molar refractivity (Wildman–Crippen MR) is 82.4 cm³/mol. The fourth-order valence-electron chi connectivity index (χ4n) is 3.42. The zero-order chi connectivity index (χ0) is 14.3. The number of fused-ring (bicyclic) bond motifs is 1. The van der Waals surface area contributed by atoms with E-state index in [1.807, 2.05) is 12.1 Å². The summed E-state index contributed by atoms with van der Waals surface area (Å²) in [4.78, 5) is 4.69. The second-order valence-corrected chi connectivity index (χ2v) is 6.13. The highest BCUT2D eigenvalue weighted by Gasteiger charge is 2.33. The van der Waals surface area contributed by atoms with Crippen molar-refractivity contribution in [3.63, 3.8) is 0 Å². The van der Waals surface area contributed by atoms with Gasteiger partial charge in [0.15, 0.2) is 0 Å². The van der Waals surface area contributed by atoms with Crippen LogP contribution >= 0.6 is 11.6 Å². The molecule has 0 aliphatic heterocycles. The van der Waals surface area contributed by atoms with Crippen LogP contribution in [0.2, 0.25) is 0 Å². The van der Waals surface area contributed by atoms with Crippen molar-refractivity contribution in [1.82, 2.24) is 9.55 Å². The Hall–Kier alpha value is -1.22. The lowest BCUT2D eigenvalue weighted by Crippen LogP contribution is -2.16. The van der Waals surface area contributed by atoms with Gasteiger partial charge in [0.25, 0.3) is 0 Å². The topological polar surface area (TPSA) is 27.1 Å². The number of ether oxygens (including phenoxy) is 1. The largest absolute Gasteiger partial charge is 0.497 e. The van der Waals surface area contributed by atoms with Crippen LogP contribution in [-0.4, -0.2) is 16.7 Å². The molecule has 1 aromatic carbocycles. The number of benzene rings is 1. The van der Waals surface area contributed by atoms with Gasteiger partial charge in [-0.15, -0.1) is 11.6 Å². The summed E-state index contributed by atoms with van der Waals surface area (Å²) in [6.07, 6.45) is 2.49. The second kappa shape index (κ2) is 5.28. The Labute approximate surface area is 124 Å². The van der Waals surface area contributed by atoms with Crippen LogP contribution in [0.3, 0.4) is 0 Å². The third kappa shape index (κ3) is 2.08. The van der Waals surface area contributed by atoms with E-state index < -0.39 is 0 Å². The number of hydrogen-bond donors (Lipinski definition) is 0. The Morgan fingerprint density at radius 2 is 2.15 bits per heavy atom. The first-order chi connectivity index (χ1) is 9.65. The number of hydrogen-bond acceptors (Lipinski definition) is 2. The van der Waals surface area contributed by atoms with Crippen LogP contribution in [0.15, 0.2) is 18.2 Å². The van der Waals surface area contributed by atoms with E-state index in [4.69, 9.17) is 21.3 Å². The molecular formula is C16H21ClN2O. The minimum Gasteiger partial charge on any atom is -0.497 e. The van der Waals surface area contributed by atoms with Gasteiger partial charge in [0.1, 0.15) is 11.6 Å². The molecule has 4 heteroatoms. The maximum absolute atomic E-state index is 6.13. The standard InChI is InChI=1S/C16H21ClN2O/c1-10-4-6-14(11(10)2)19-15-7-5-12(20-3)8-13(15)18-16(19)9-17/h5,7-8,10-11,14H,4,6,9H2,1-3H3. The van der Waals surface area contributed by atoms with E-state index in [1.165, 1.54) is 18.4 Å². The van der Waals surface area contributed by atoms with Gasteiger partial charge in [-0.2, -0.15) is 0 Å². The van der Waals surface area contributed by atoms with E-state index >= 15 is 0 Å². The lowest BCUT2D eigenvalue weighted by atomic mass is 9.97. The molecule has 1 aliphatic rings. The van der Waals surface area contributed by atoms with Gasteiger partial charge >= 0.3 is 0 Å². The van der Waals surface area contributed by atoms with Gasteiger partial charge in [0.05, 0.1) is 24.0 Å². The number of imidazole rings is 1. The molecule has 3 nitrogen and oxygen atoms in total. The van der Waals surface area contributed by atoms with Crippen molar-refractivity contribution >= 4 is 22.6 Å². The summed E-state index contributed by atoms with van der Waals surface area (Å²) in [5.41, 5.74) is 2.15. The third-order valence-electron chi connectivity index (χ3n) is 4.84. The monoisotopic (exact) mass is 292 g/mol. The van der Waals surface area contributed by atoms with Crippen molar-refractivity contribution < 1.29 is 4.74 Å². The van der Waals surface area contributed by atoms with E-state index in [1.54, 1.807) is 7.11 Å². The molecular weight excluding hydrogens is 272 g/mol. The number of nitrogens with zero attached hydrogens (tertiary/aromatic N) is 2. The Morgan fingerprint density at radius 3 is 2.75 bits per heavy atom. The first kappa shape index (κ1) is 13.7. The molecule has 0 N–H and O–H groups in total. The van der Waals surface area contributed by atoms with E-state index in [-0.39, 0.29) is 0 Å². The molecule has 3 rings (SSSR count). The fourth-order valence-corrected chi connectivity index (χ4v) is 3.61. The number of alkyl halides is 1. The summed E-state index contributed by atoms with van der Waals surface area (Å²) < 4.78 is 7.64. The van der Waals surface area contributed by atoms with E-state index in [0.29, 0.717) is 17.8 Å². The van der Waals surface area contributed by atoms with E-state index in [0.717, 1.165) is 23.0 Å². The Bertz CT molecular complexity index is 622. The fraction of sp³-hybridized carbons (Fsp3) is 0.562. The molecule has 20 heavy (non-hydrogen) atoms.